The molecular weight excluding hydrogens is 278 g/mol. The summed E-state index contributed by atoms with van der Waals surface area (Å²) in [6.45, 7) is 0.780. The number of amides is 2. The zero-order valence-electron chi connectivity index (χ0n) is 12.0. The predicted molar refractivity (Wildman–Crippen MR) is 71.6 cm³/mol. The summed E-state index contributed by atoms with van der Waals surface area (Å²) in [5, 5.41) is 19.5. The second-order valence-corrected chi connectivity index (χ2v) is 5.00. The van der Waals surface area contributed by atoms with Crippen LogP contribution in [0, 0.1) is 5.92 Å². The van der Waals surface area contributed by atoms with Crippen molar-refractivity contribution in [3.05, 3.63) is 12.2 Å². The molecule has 9 nitrogen and oxygen atoms in total. The third-order valence-corrected chi connectivity index (χ3v) is 3.62. The quantitative estimate of drug-likeness (QED) is 0.729. The monoisotopic (exact) mass is 297 g/mol. The number of urea groups is 1. The molecule has 9 heteroatoms. The molecule has 1 aromatic rings. The number of hydrogen-bond donors (Lipinski definition) is 2. The van der Waals surface area contributed by atoms with E-state index in [0.29, 0.717) is 13.0 Å². The molecule has 1 aliphatic heterocycles. The summed E-state index contributed by atoms with van der Waals surface area (Å²) in [5.74, 6) is -0.860. The molecule has 0 aromatic carbocycles. The first-order valence-corrected chi connectivity index (χ1v) is 6.64. The predicted octanol–water partition coefficient (Wildman–Crippen LogP) is -0.901. The number of carbonyl (C=O) groups is 2. The van der Waals surface area contributed by atoms with Gasteiger partial charge in [0.25, 0.3) is 0 Å². The molecule has 1 aromatic heterocycles. The van der Waals surface area contributed by atoms with Gasteiger partial charge in [0.2, 0.25) is 0 Å². The zero-order valence-corrected chi connectivity index (χ0v) is 12.0. The van der Waals surface area contributed by atoms with Crippen molar-refractivity contribution in [2.24, 2.45) is 13.0 Å². The Kier molecular flexibility index (Phi) is 4.73. The molecule has 1 aliphatic rings. The van der Waals surface area contributed by atoms with Gasteiger partial charge in [-0.1, -0.05) is 0 Å². The molecular formula is C12H19N5O4. The van der Waals surface area contributed by atoms with E-state index in [9.17, 15) is 9.59 Å². The first kappa shape index (κ1) is 15.2. The highest BCUT2D eigenvalue weighted by atomic mass is 16.5. The number of nitrogens with zero attached hydrogens (tertiary/aromatic N) is 4. The minimum absolute atomic E-state index is 0.135. The molecule has 0 spiro atoms. The van der Waals surface area contributed by atoms with E-state index in [-0.39, 0.29) is 19.2 Å². The van der Waals surface area contributed by atoms with Crippen LogP contribution in [0.25, 0.3) is 0 Å². The second kappa shape index (κ2) is 6.53. The number of likely N-dealkylation sites (N-methyl/N-ethyl adjacent to an activating group) is 1. The molecule has 0 bridgehead atoms. The van der Waals surface area contributed by atoms with Gasteiger partial charge in [-0.2, -0.15) is 0 Å². The topological polar surface area (TPSA) is 110 Å². The highest BCUT2D eigenvalue weighted by molar-refractivity contribution is 5.77. The van der Waals surface area contributed by atoms with Crippen molar-refractivity contribution in [2.75, 3.05) is 26.8 Å². The Hall–Kier alpha value is -2.16. The van der Waals surface area contributed by atoms with Gasteiger partial charge in [-0.25, -0.2) is 4.79 Å². The van der Waals surface area contributed by atoms with Crippen LogP contribution in [-0.4, -0.2) is 69.6 Å². The van der Waals surface area contributed by atoms with Gasteiger partial charge < -0.3 is 24.6 Å². The summed E-state index contributed by atoms with van der Waals surface area (Å²) >= 11 is 0. The summed E-state index contributed by atoms with van der Waals surface area (Å²) in [7, 11) is 3.41. The average molecular weight is 297 g/mol. The maximum Gasteiger partial charge on any atom is 0.317 e. The first-order valence-electron chi connectivity index (χ1n) is 6.64. The minimum Gasteiger partial charge on any atom is -0.481 e. The fraction of sp³-hybridized carbons (Fsp3) is 0.667. The van der Waals surface area contributed by atoms with Gasteiger partial charge in [-0.05, 0) is 0 Å². The van der Waals surface area contributed by atoms with Gasteiger partial charge in [0.15, 0.2) is 0 Å². The average Bonchev–Trinajstić information content (AvgIpc) is 3.07. The number of nitrogens with one attached hydrogen (secondary N) is 1. The third kappa shape index (κ3) is 3.48. The molecule has 0 aliphatic carbocycles. The van der Waals surface area contributed by atoms with Crippen LogP contribution in [0.5, 0.6) is 0 Å². The number of rotatable bonds is 5. The molecule has 2 atom stereocenters. The van der Waals surface area contributed by atoms with E-state index in [1.54, 1.807) is 17.9 Å². The lowest BCUT2D eigenvalue weighted by molar-refractivity contribution is -0.142. The van der Waals surface area contributed by atoms with Crippen molar-refractivity contribution in [1.82, 2.24) is 25.0 Å². The highest BCUT2D eigenvalue weighted by Crippen LogP contribution is 2.18. The van der Waals surface area contributed by atoms with E-state index in [2.05, 4.69) is 15.5 Å². The van der Waals surface area contributed by atoms with Crippen LogP contribution >= 0.6 is 0 Å². The van der Waals surface area contributed by atoms with E-state index >= 15 is 0 Å². The lowest BCUT2D eigenvalue weighted by Crippen LogP contribution is -2.48. The molecule has 2 N–H and O–H groups in total. The van der Waals surface area contributed by atoms with Gasteiger partial charge in [0.05, 0.1) is 19.3 Å². The van der Waals surface area contributed by atoms with Gasteiger partial charge >= 0.3 is 12.0 Å². The Morgan fingerprint density at radius 1 is 1.57 bits per heavy atom. The molecule has 2 rings (SSSR count). The van der Waals surface area contributed by atoms with Crippen molar-refractivity contribution in [3.63, 3.8) is 0 Å². The van der Waals surface area contributed by atoms with Crippen LogP contribution < -0.4 is 5.32 Å². The summed E-state index contributed by atoms with van der Waals surface area (Å²) in [6.07, 6.45) is 2.15. The molecule has 1 saturated heterocycles. The summed E-state index contributed by atoms with van der Waals surface area (Å²) < 4.78 is 6.94. The number of aliphatic carboxylic acids is 1. The van der Waals surface area contributed by atoms with Crippen LogP contribution in [0.4, 0.5) is 4.79 Å². The molecule has 2 amide bonds. The van der Waals surface area contributed by atoms with Crippen LogP contribution in [0.2, 0.25) is 0 Å². The third-order valence-electron chi connectivity index (χ3n) is 3.62. The SMILES string of the molecule is CN(C(=O)NCCc1nncn1C)C1COCC1C(=O)O. The highest BCUT2D eigenvalue weighted by Gasteiger charge is 2.38. The summed E-state index contributed by atoms with van der Waals surface area (Å²) in [4.78, 5) is 24.5. The Morgan fingerprint density at radius 2 is 2.33 bits per heavy atom. The molecule has 2 heterocycles. The molecule has 0 saturated carbocycles. The fourth-order valence-corrected chi connectivity index (χ4v) is 2.25. The molecule has 116 valence electrons. The molecule has 21 heavy (non-hydrogen) atoms. The summed E-state index contributed by atoms with van der Waals surface area (Å²) in [5.41, 5.74) is 0. The fourth-order valence-electron chi connectivity index (χ4n) is 2.25. The van der Waals surface area contributed by atoms with Crippen molar-refractivity contribution >= 4 is 12.0 Å². The van der Waals surface area contributed by atoms with E-state index < -0.39 is 17.9 Å². The van der Waals surface area contributed by atoms with E-state index in [0.717, 1.165) is 5.82 Å². The molecule has 1 fully saturated rings. The number of aromatic nitrogens is 3. The number of carbonyl (C=O) groups excluding carboxylic acids is 1. The number of carboxylic acids is 1. The van der Waals surface area contributed by atoms with Crippen molar-refractivity contribution in [1.29, 1.82) is 0 Å². The van der Waals surface area contributed by atoms with Crippen molar-refractivity contribution in [3.8, 4) is 0 Å². The standard InChI is InChI=1S/C12H19N5O4/c1-16-7-14-15-10(16)3-4-13-12(20)17(2)9-6-21-5-8(9)11(18)19/h7-9H,3-6H2,1-2H3,(H,13,20)(H,18,19). The largest absolute Gasteiger partial charge is 0.481 e. The Bertz CT molecular complexity index is 518. The van der Waals surface area contributed by atoms with Gasteiger partial charge in [-0.3, -0.25) is 4.79 Å². The normalized spacial score (nSPS) is 21.2. The number of aryl methyl sites for hydroxylation is 1. The lowest BCUT2D eigenvalue weighted by atomic mass is 10.0. The van der Waals surface area contributed by atoms with Gasteiger partial charge in [-0.15, -0.1) is 10.2 Å². The first-order chi connectivity index (χ1) is 10.0. The van der Waals surface area contributed by atoms with E-state index in [4.69, 9.17) is 9.84 Å². The lowest BCUT2D eigenvalue weighted by Gasteiger charge is -2.26. The van der Waals surface area contributed by atoms with Gasteiger partial charge in [0, 0.05) is 27.1 Å². The van der Waals surface area contributed by atoms with E-state index in [1.165, 1.54) is 4.90 Å². The minimum atomic E-state index is -0.948. The summed E-state index contributed by atoms with van der Waals surface area (Å²) in [6, 6.07) is -0.767. The molecule has 0 radical (unpaired) electrons. The van der Waals surface area contributed by atoms with E-state index in [1.807, 2.05) is 7.05 Å². The van der Waals surface area contributed by atoms with Crippen LogP contribution in [0.1, 0.15) is 5.82 Å². The van der Waals surface area contributed by atoms with Crippen LogP contribution in [-0.2, 0) is 23.0 Å². The molecule has 2 unspecified atom stereocenters. The second-order valence-electron chi connectivity index (χ2n) is 5.00. The van der Waals surface area contributed by atoms with Crippen molar-refractivity contribution < 1.29 is 19.4 Å². The van der Waals surface area contributed by atoms with Crippen LogP contribution in [0.3, 0.4) is 0 Å². The maximum absolute atomic E-state index is 12.0. The number of carboxylic acid groups (broad SMARTS) is 1. The Balaban J connectivity index is 1.82. The number of hydrogen-bond acceptors (Lipinski definition) is 5. The van der Waals surface area contributed by atoms with Crippen LogP contribution in [0.15, 0.2) is 6.33 Å². The maximum atomic E-state index is 12.0. The van der Waals surface area contributed by atoms with Crippen molar-refractivity contribution in [2.45, 2.75) is 12.5 Å². The smallest absolute Gasteiger partial charge is 0.317 e. The Morgan fingerprint density at radius 3 is 2.95 bits per heavy atom. The Labute approximate surface area is 121 Å². The number of ether oxygens (including phenoxy) is 1. The van der Waals surface area contributed by atoms with Gasteiger partial charge in [0.1, 0.15) is 18.1 Å². The zero-order chi connectivity index (χ0) is 15.4.